The van der Waals surface area contributed by atoms with Crippen LogP contribution in [0.4, 0.5) is 5.82 Å². The van der Waals surface area contributed by atoms with Crippen molar-refractivity contribution in [3.8, 4) is 11.5 Å². The lowest BCUT2D eigenvalue weighted by Crippen LogP contribution is -2.01. The summed E-state index contributed by atoms with van der Waals surface area (Å²) in [7, 11) is 1.58. The van der Waals surface area contributed by atoms with Crippen LogP contribution in [0, 0.1) is 0 Å². The van der Waals surface area contributed by atoms with Crippen molar-refractivity contribution >= 4 is 22.4 Å². The predicted octanol–water partition coefficient (Wildman–Crippen LogP) is 3.79. The second-order valence-corrected chi connectivity index (χ2v) is 5.08. The molecule has 0 saturated heterocycles. The van der Waals surface area contributed by atoms with Gasteiger partial charge in [-0.05, 0) is 43.3 Å². The van der Waals surface area contributed by atoms with Crippen molar-refractivity contribution in [1.82, 2.24) is 4.98 Å². The first kappa shape index (κ1) is 14.8. The molecule has 0 spiro atoms. The molecule has 5 heteroatoms. The van der Waals surface area contributed by atoms with Crippen LogP contribution in [-0.2, 0) is 0 Å². The first-order valence-electron chi connectivity index (χ1n) is 7.21. The minimum Gasteiger partial charge on any atom is -0.507 e. The van der Waals surface area contributed by atoms with Crippen molar-refractivity contribution in [2.45, 2.75) is 6.92 Å². The van der Waals surface area contributed by atoms with Crippen LogP contribution in [-0.4, -0.2) is 22.9 Å². The summed E-state index contributed by atoms with van der Waals surface area (Å²) >= 11 is 0. The van der Waals surface area contributed by atoms with Crippen LogP contribution in [0.25, 0.3) is 10.9 Å². The zero-order chi connectivity index (χ0) is 16.2. The number of aromatic hydroxyl groups is 1. The third kappa shape index (κ3) is 3.23. The molecule has 2 aromatic carbocycles. The van der Waals surface area contributed by atoms with Gasteiger partial charge in [-0.1, -0.05) is 18.2 Å². The summed E-state index contributed by atoms with van der Waals surface area (Å²) in [5.74, 6) is 1.46. The second-order valence-electron chi connectivity index (χ2n) is 5.08. The lowest BCUT2D eigenvalue weighted by molar-refractivity contribution is 0.412. The fourth-order valence-corrected chi connectivity index (χ4v) is 2.26. The SMILES string of the molecule is COc1ccc(O)c(/C(C)=N/Nc2ccc3ccccc3n2)c1. The maximum absolute atomic E-state index is 9.96. The summed E-state index contributed by atoms with van der Waals surface area (Å²) in [5.41, 5.74) is 5.07. The Morgan fingerprint density at radius 2 is 1.96 bits per heavy atom. The molecule has 23 heavy (non-hydrogen) atoms. The third-order valence-electron chi connectivity index (χ3n) is 3.53. The van der Waals surface area contributed by atoms with E-state index in [1.54, 1.807) is 25.3 Å². The van der Waals surface area contributed by atoms with E-state index in [-0.39, 0.29) is 5.75 Å². The van der Waals surface area contributed by atoms with E-state index in [2.05, 4.69) is 15.5 Å². The highest BCUT2D eigenvalue weighted by atomic mass is 16.5. The van der Waals surface area contributed by atoms with E-state index in [1.807, 2.05) is 43.3 Å². The molecule has 0 aliphatic carbocycles. The number of aromatic nitrogens is 1. The lowest BCUT2D eigenvalue weighted by Gasteiger charge is -2.08. The fourth-order valence-electron chi connectivity index (χ4n) is 2.26. The number of fused-ring (bicyclic) bond motifs is 1. The predicted molar refractivity (Wildman–Crippen MR) is 92.2 cm³/mol. The Balaban J connectivity index is 1.86. The van der Waals surface area contributed by atoms with Gasteiger partial charge in [0.2, 0.25) is 0 Å². The number of nitrogens with zero attached hydrogens (tertiary/aromatic N) is 2. The van der Waals surface area contributed by atoms with Crippen molar-refractivity contribution in [2.75, 3.05) is 12.5 Å². The van der Waals surface area contributed by atoms with E-state index < -0.39 is 0 Å². The van der Waals surface area contributed by atoms with Gasteiger partial charge >= 0.3 is 0 Å². The molecule has 0 aliphatic heterocycles. The molecule has 0 bridgehead atoms. The van der Waals surface area contributed by atoms with E-state index in [1.165, 1.54) is 0 Å². The molecular formula is C18H17N3O2. The molecule has 3 aromatic rings. The van der Waals surface area contributed by atoms with Crippen LogP contribution < -0.4 is 10.2 Å². The molecule has 0 atom stereocenters. The van der Waals surface area contributed by atoms with Crippen LogP contribution >= 0.6 is 0 Å². The average Bonchev–Trinajstić information content (AvgIpc) is 2.60. The average molecular weight is 307 g/mol. The largest absolute Gasteiger partial charge is 0.507 e. The first-order valence-corrected chi connectivity index (χ1v) is 7.21. The third-order valence-corrected chi connectivity index (χ3v) is 3.53. The maximum Gasteiger partial charge on any atom is 0.146 e. The van der Waals surface area contributed by atoms with Crippen LogP contribution in [0.2, 0.25) is 0 Å². The second kappa shape index (κ2) is 6.36. The van der Waals surface area contributed by atoms with Gasteiger partial charge in [0, 0.05) is 10.9 Å². The van der Waals surface area contributed by atoms with Crippen LogP contribution in [0.1, 0.15) is 12.5 Å². The van der Waals surface area contributed by atoms with Gasteiger partial charge < -0.3 is 9.84 Å². The smallest absolute Gasteiger partial charge is 0.146 e. The minimum atomic E-state index is 0.153. The Morgan fingerprint density at radius 1 is 1.13 bits per heavy atom. The number of phenolic OH excluding ortho intramolecular Hbond substituents is 1. The van der Waals surface area contributed by atoms with Gasteiger partial charge in [-0.2, -0.15) is 5.10 Å². The number of para-hydroxylation sites is 1. The summed E-state index contributed by atoms with van der Waals surface area (Å²) in [5, 5.41) is 15.3. The minimum absolute atomic E-state index is 0.153. The van der Waals surface area contributed by atoms with Crippen LogP contribution in [0.15, 0.2) is 59.7 Å². The molecule has 0 aliphatic rings. The molecule has 1 aromatic heterocycles. The highest BCUT2D eigenvalue weighted by Gasteiger charge is 2.07. The molecule has 0 saturated carbocycles. The molecule has 0 unspecified atom stereocenters. The lowest BCUT2D eigenvalue weighted by atomic mass is 10.1. The van der Waals surface area contributed by atoms with E-state index in [9.17, 15) is 5.11 Å². The van der Waals surface area contributed by atoms with Gasteiger partial charge in [0.05, 0.1) is 18.3 Å². The normalized spacial score (nSPS) is 11.5. The number of ether oxygens (including phenoxy) is 1. The summed E-state index contributed by atoms with van der Waals surface area (Å²) in [6, 6.07) is 16.8. The number of pyridine rings is 1. The van der Waals surface area contributed by atoms with Gasteiger partial charge in [0.15, 0.2) is 0 Å². The number of hydrogen-bond acceptors (Lipinski definition) is 5. The van der Waals surface area contributed by atoms with Crippen molar-refractivity contribution in [1.29, 1.82) is 0 Å². The number of hydrogen-bond donors (Lipinski definition) is 2. The van der Waals surface area contributed by atoms with Crippen molar-refractivity contribution < 1.29 is 9.84 Å². The van der Waals surface area contributed by atoms with Gasteiger partial charge in [-0.25, -0.2) is 4.98 Å². The molecule has 1 heterocycles. The standard InChI is InChI=1S/C18H17N3O2/c1-12(15-11-14(23-2)8-9-17(15)22)20-21-18-10-7-13-5-3-4-6-16(13)19-18/h3-11,22H,1-2H3,(H,19,21)/b20-12+. The molecule has 0 fully saturated rings. The quantitative estimate of drug-likeness (QED) is 0.568. The maximum atomic E-state index is 9.96. The Labute approximate surface area is 134 Å². The number of benzene rings is 2. The van der Waals surface area contributed by atoms with Gasteiger partial charge in [0.25, 0.3) is 0 Å². The molecule has 0 radical (unpaired) electrons. The Kier molecular flexibility index (Phi) is 4.10. The summed E-state index contributed by atoms with van der Waals surface area (Å²) in [6.45, 7) is 1.81. The number of hydrazone groups is 1. The van der Waals surface area contributed by atoms with Gasteiger partial charge in [-0.3, -0.25) is 5.43 Å². The zero-order valence-corrected chi connectivity index (χ0v) is 12.9. The number of methoxy groups -OCH3 is 1. The van der Waals surface area contributed by atoms with E-state index in [0.717, 1.165) is 10.9 Å². The zero-order valence-electron chi connectivity index (χ0n) is 12.9. The number of nitrogens with one attached hydrogen (secondary N) is 1. The monoisotopic (exact) mass is 307 g/mol. The van der Waals surface area contributed by atoms with Gasteiger partial charge in [0.1, 0.15) is 17.3 Å². The Hall–Kier alpha value is -3.08. The molecular weight excluding hydrogens is 290 g/mol. The fraction of sp³-hybridized carbons (Fsp3) is 0.111. The van der Waals surface area contributed by atoms with Crippen LogP contribution in [0.3, 0.4) is 0 Å². The topological polar surface area (TPSA) is 66.7 Å². The van der Waals surface area contributed by atoms with Gasteiger partial charge in [-0.15, -0.1) is 0 Å². The summed E-state index contributed by atoms with van der Waals surface area (Å²) in [6.07, 6.45) is 0. The van der Waals surface area contributed by atoms with E-state index in [4.69, 9.17) is 4.74 Å². The van der Waals surface area contributed by atoms with Crippen molar-refractivity contribution in [2.24, 2.45) is 5.10 Å². The highest BCUT2D eigenvalue weighted by Crippen LogP contribution is 2.23. The number of rotatable bonds is 4. The van der Waals surface area contributed by atoms with Crippen LogP contribution in [0.5, 0.6) is 11.5 Å². The number of anilines is 1. The van der Waals surface area contributed by atoms with Crippen molar-refractivity contribution in [3.63, 3.8) is 0 Å². The molecule has 5 nitrogen and oxygen atoms in total. The first-order chi connectivity index (χ1) is 11.2. The van der Waals surface area contributed by atoms with E-state index >= 15 is 0 Å². The molecule has 2 N–H and O–H groups in total. The Morgan fingerprint density at radius 3 is 2.78 bits per heavy atom. The van der Waals surface area contributed by atoms with Crippen molar-refractivity contribution in [3.05, 3.63) is 60.2 Å². The molecule has 3 rings (SSSR count). The highest BCUT2D eigenvalue weighted by molar-refractivity contribution is 6.01. The summed E-state index contributed by atoms with van der Waals surface area (Å²) in [4.78, 5) is 4.49. The molecule has 116 valence electrons. The summed E-state index contributed by atoms with van der Waals surface area (Å²) < 4.78 is 5.17. The van der Waals surface area contributed by atoms with E-state index in [0.29, 0.717) is 22.8 Å². The Bertz CT molecular complexity index is 875. The molecule has 0 amide bonds. The number of phenols is 1.